The molecule has 0 spiro atoms. The SMILES string of the molecule is CCc1ccccc1NC(=O)CN1CCN(CC(=O)N2CCN(Cc3cccc(C)c3)CC2)CC1. The van der Waals surface area contributed by atoms with Crippen LogP contribution in [0.2, 0.25) is 0 Å². The van der Waals surface area contributed by atoms with E-state index in [0.29, 0.717) is 13.1 Å². The molecule has 0 radical (unpaired) electrons. The summed E-state index contributed by atoms with van der Waals surface area (Å²) in [6, 6.07) is 16.6. The lowest BCUT2D eigenvalue weighted by molar-refractivity contribution is -0.135. The van der Waals surface area contributed by atoms with Gasteiger partial charge >= 0.3 is 0 Å². The van der Waals surface area contributed by atoms with Gasteiger partial charge in [-0.1, -0.05) is 55.0 Å². The molecule has 2 heterocycles. The van der Waals surface area contributed by atoms with Crippen LogP contribution < -0.4 is 5.32 Å². The van der Waals surface area contributed by atoms with Gasteiger partial charge in [0.15, 0.2) is 0 Å². The Morgan fingerprint density at radius 3 is 2.14 bits per heavy atom. The molecule has 188 valence electrons. The average Bonchev–Trinajstić information content (AvgIpc) is 2.86. The molecule has 2 saturated heterocycles. The van der Waals surface area contributed by atoms with Crippen molar-refractivity contribution in [3.05, 3.63) is 65.2 Å². The molecule has 2 aromatic carbocycles. The van der Waals surface area contributed by atoms with Crippen molar-refractivity contribution in [2.24, 2.45) is 0 Å². The highest BCUT2D eigenvalue weighted by atomic mass is 16.2. The zero-order valence-corrected chi connectivity index (χ0v) is 21.2. The second kappa shape index (κ2) is 12.3. The Bertz CT molecular complexity index is 994. The summed E-state index contributed by atoms with van der Waals surface area (Å²) >= 11 is 0. The maximum atomic E-state index is 12.9. The van der Waals surface area contributed by atoms with Gasteiger partial charge in [-0.2, -0.15) is 0 Å². The van der Waals surface area contributed by atoms with Crippen LogP contribution >= 0.6 is 0 Å². The molecule has 2 fully saturated rings. The van der Waals surface area contributed by atoms with Crippen LogP contribution in [0.3, 0.4) is 0 Å². The zero-order chi connectivity index (χ0) is 24.6. The highest BCUT2D eigenvalue weighted by Gasteiger charge is 2.25. The lowest BCUT2D eigenvalue weighted by Crippen LogP contribution is -2.54. The van der Waals surface area contributed by atoms with E-state index in [0.717, 1.165) is 76.6 Å². The minimum atomic E-state index is 0.0268. The number of para-hydroxylation sites is 1. The second-order valence-corrected chi connectivity index (χ2v) is 9.76. The van der Waals surface area contributed by atoms with E-state index < -0.39 is 0 Å². The van der Waals surface area contributed by atoms with Gasteiger partial charge in [0.2, 0.25) is 11.8 Å². The van der Waals surface area contributed by atoms with E-state index >= 15 is 0 Å². The molecule has 7 heteroatoms. The first-order chi connectivity index (χ1) is 17.0. The number of piperazine rings is 2. The summed E-state index contributed by atoms with van der Waals surface area (Å²) in [5.74, 6) is 0.251. The van der Waals surface area contributed by atoms with Gasteiger partial charge in [0.05, 0.1) is 13.1 Å². The molecule has 7 nitrogen and oxygen atoms in total. The molecular weight excluding hydrogens is 438 g/mol. The summed E-state index contributed by atoms with van der Waals surface area (Å²) in [5, 5.41) is 3.06. The number of nitrogens with one attached hydrogen (secondary N) is 1. The Kier molecular flexibility index (Phi) is 8.90. The normalized spacial score (nSPS) is 17.9. The summed E-state index contributed by atoms with van der Waals surface area (Å²) in [6.45, 7) is 12.7. The number of benzene rings is 2. The summed E-state index contributed by atoms with van der Waals surface area (Å²) in [7, 11) is 0. The molecule has 4 rings (SSSR count). The van der Waals surface area contributed by atoms with E-state index in [1.807, 2.05) is 23.1 Å². The Morgan fingerprint density at radius 2 is 1.46 bits per heavy atom. The Labute approximate surface area is 209 Å². The molecule has 0 aromatic heterocycles. The second-order valence-electron chi connectivity index (χ2n) is 9.76. The number of amides is 2. The van der Waals surface area contributed by atoms with Gasteiger partial charge in [-0.25, -0.2) is 0 Å². The number of hydrogen-bond acceptors (Lipinski definition) is 5. The van der Waals surface area contributed by atoms with E-state index in [-0.39, 0.29) is 11.8 Å². The van der Waals surface area contributed by atoms with Crippen molar-refractivity contribution in [2.75, 3.05) is 70.8 Å². The molecule has 0 aliphatic carbocycles. The Hall–Kier alpha value is -2.74. The number of carbonyl (C=O) groups is 2. The van der Waals surface area contributed by atoms with E-state index in [9.17, 15) is 9.59 Å². The first-order valence-electron chi connectivity index (χ1n) is 12.9. The van der Waals surface area contributed by atoms with Crippen LogP contribution in [0.1, 0.15) is 23.6 Å². The number of hydrogen-bond donors (Lipinski definition) is 1. The molecule has 2 amide bonds. The van der Waals surface area contributed by atoms with Gasteiger partial charge in [0.1, 0.15) is 0 Å². The van der Waals surface area contributed by atoms with Crippen LogP contribution in [0.25, 0.3) is 0 Å². The lowest BCUT2D eigenvalue weighted by atomic mass is 10.1. The Balaban J connectivity index is 1.15. The summed E-state index contributed by atoms with van der Waals surface area (Å²) in [4.78, 5) is 34.3. The number of nitrogens with zero attached hydrogens (tertiary/aromatic N) is 4. The van der Waals surface area contributed by atoms with Crippen LogP contribution in [0.15, 0.2) is 48.5 Å². The first-order valence-corrected chi connectivity index (χ1v) is 12.9. The topological polar surface area (TPSA) is 59.1 Å². The maximum Gasteiger partial charge on any atom is 0.238 e. The molecule has 1 N–H and O–H groups in total. The van der Waals surface area contributed by atoms with Crippen LogP contribution in [-0.2, 0) is 22.6 Å². The largest absolute Gasteiger partial charge is 0.339 e. The van der Waals surface area contributed by atoms with Crippen LogP contribution in [-0.4, -0.2) is 96.9 Å². The first kappa shape index (κ1) is 25.4. The molecule has 0 saturated carbocycles. The quantitative estimate of drug-likeness (QED) is 0.633. The van der Waals surface area contributed by atoms with Crippen molar-refractivity contribution in [1.82, 2.24) is 19.6 Å². The minimum Gasteiger partial charge on any atom is -0.339 e. The third-order valence-corrected chi connectivity index (χ3v) is 7.08. The standard InChI is InChI=1S/C28H39N5O2/c1-3-25-9-4-5-10-26(25)29-27(34)21-31-11-13-32(14-12-31)22-28(35)33-17-15-30(16-18-33)20-24-8-6-7-23(2)19-24/h4-10,19H,3,11-18,20-22H2,1-2H3,(H,29,34). The van der Waals surface area contributed by atoms with Crippen molar-refractivity contribution in [2.45, 2.75) is 26.8 Å². The highest BCUT2D eigenvalue weighted by molar-refractivity contribution is 5.93. The van der Waals surface area contributed by atoms with Crippen molar-refractivity contribution < 1.29 is 9.59 Å². The maximum absolute atomic E-state index is 12.9. The fraction of sp³-hybridized carbons (Fsp3) is 0.500. The van der Waals surface area contributed by atoms with E-state index in [1.165, 1.54) is 11.1 Å². The number of anilines is 1. The number of rotatable bonds is 8. The highest BCUT2D eigenvalue weighted by Crippen LogP contribution is 2.16. The van der Waals surface area contributed by atoms with Gasteiger partial charge in [-0.3, -0.25) is 24.3 Å². The molecule has 35 heavy (non-hydrogen) atoms. The molecular formula is C28H39N5O2. The van der Waals surface area contributed by atoms with Crippen molar-refractivity contribution in [3.63, 3.8) is 0 Å². The number of aryl methyl sites for hydroxylation is 2. The van der Waals surface area contributed by atoms with Crippen molar-refractivity contribution >= 4 is 17.5 Å². The summed E-state index contributed by atoms with van der Waals surface area (Å²) in [6.07, 6.45) is 0.894. The van der Waals surface area contributed by atoms with Gasteiger partial charge < -0.3 is 10.2 Å². The van der Waals surface area contributed by atoms with E-state index in [4.69, 9.17) is 0 Å². The van der Waals surface area contributed by atoms with E-state index in [2.05, 4.69) is 64.2 Å². The molecule has 0 unspecified atom stereocenters. The van der Waals surface area contributed by atoms with E-state index in [1.54, 1.807) is 0 Å². The molecule has 2 aromatic rings. The lowest BCUT2D eigenvalue weighted by Gasteiger charge is -2.38. The van der Waals surface area contributed by atoms with Crippen LogP contribution in [0, 0.1) is 6.92 Å². The smallest absolute Gasteiger partial charge is 0.238 e. The van der Waals surface area contributed by atoms with Crippen LogP contribution in [0.4, 0.5) is 5.69 Å². The average molecular weight is 478 g/mol. The monoisotopic (exact) mass is 477 g/mol. The molecule has 0 atom stereocenters. The summed E-state index contributed by atoms with van der Waals surface area (Å²) < 4.78 is 0. The number of carbonyl (C=O) groups excluding carboxylic acids is 2. The van der Waals surface area contributed by atoms with Gasteiger partial charge in [-0.05, 0) is 30.5 Å². The van der Waals surface area contributed by atoms with Gasteiger partial charge in [0, 0.05) is 64.6 Å². The molecule has 2 aliphatic heterocycles. The minimum absolute atomic E-state index is 0.0268. The third kappa shape index (κ3) is 7.37. The predicted octanol–water partition coefficient (Wildman–Crippen LogP) is 2.46. The van der Waals surface area contributed by atoms with Gasteiger partial charge in [0.25, 0.3) is 0 Å². The zero-order valence-electron chi connectivity index (χ0n) is 21.2. The van der Waals surface area contributed by atoms with Crippen LogP contribution in [0.5, 0.6) is 0 Å². The fourth-order valence-electron chi connectivity index (χ4n) is 4.96. The molecule has 2 aliphatic rings. The predicted molar refractivity (Wildman–Crippen MR) is 140 cm³/mol. The fourth-order valence-corrected chi connectivity index (χ4v) is 4.96. The molecule has 0 bridgehead atoms. The Morgan fingerprint density at radius 1 is 0.800 bits per heavy atom. The van der Waals surface area contributed by atoms with Gasteiger partial charge in [-0.15, -0.1) is 0 Å². The summed E-state index contributed by atoms with van der Waals surface area (Å²) in [5.41, 5.74) is 4.69. The van der Waals surface area contributed by atoms with Crippen molar-refractivity contribution in [3.8, 4) is 0 Å². The van der Waals surface area contributed by atoms with Crippen molar-refractivity contribution in [1.29, 1.82) is 0 Å². The third-order valence-electron chi connectivity index (χ3n) is 7.08.